The molecule has 0 radical (unpaired) electrons. The van der Waals surface area contributed by atoms with Crippen LogP contribution in [0.1, 0.15) is 19.3 Å². The zero-order chi connectivity index (χ0) is 19.0. The topological polar surface area (TPSA) is 166 Å². The summed E-state index contributed by atoms with van der Waals surface area (Å²) in [6, 6.07) is 0. The van der Waals surface area contributed by atoms with Crippen LogP contribution < -0.4 is 0 Å². The lowest BCUT2D eigenvalue weighted by atomic mass is 10.0. The minimum Gasteiger partial charge on any atom is -0.394 e. The summed E-state index contributed by atoms with van der Waals surface area (Å²) in [6.45, 7) is -0.580. The van der Waals surface area contributed by atoms with Gasteiger partial charge >= 0.3 is 10.4 Å². The fraction of sp³-hybridized carbons (Fsp3) is 0.917. The van der Waals surface area contributed by atoms with Gasteiger partial charge in [0, 0.05) is 0 Å². The van der Waals surface area contributed by atoms with Gasteiger partial charge in [0.05, 0.1) is 6.61 Å². The highest BCUT2D eigenvalue weighted by molar-refractivity contribution is 8.14. The Labute approximate surface area is 154 Å². The molecular weight excluding hydrogens is 398 g/mol. The summed E-state index contributed by atoms with van der Waals surface area (Å²) in [5.74, 6) is 0.886. The third kappa shape index (κ3) is 7.97. The van der Waals surface area contributed by atoms with Crippen molar-refractivity contribution in [1.29, 1.82) is 0 Å². The number of rotatable bonds is 9. The normalized spacial score (nSPS) is 31.1. The zero-order valence-electron chi connectivity index (χ0n) is 13.5. The van der Waals surface area contributed by atoms with E-state index in [0.29, 0.717) is 6.42 Å². The molecule has 0 bridgehead atoms. The predicted molar refractivity (Wildman–Crippen MR) is 93.7 cm³/mol. The molecular formula is C12H23NO9S3. The van der Waals surface area contributed by atoms with Gasteiger partial charge in [0.25, 0.3) is 0 Å². The van der Waals surface area contributed by atoms with Gasteiger partial charge in [-0.3, -0.25) is 4.55 Å². The van der Waals surface area contributed by atoms with Gasteiger partial charge in [0.15, 0.2) is 0 Å². The second-order valence-electron chi connectivity index (χ2n) is 5.25. The first-order valence-electron chi connectivity index (χ1n) is 7.38. The van der Waals surface area contributed by atoms with Crippen molar-refractivity contribution in [2.24, 2.45) is 5.16 Å². The maximum Gasteiger partial charge on any atom is 0.466 e. The van der Waals surface area contributed by atoms with Crippen LogP contribution in [-0.2, 0) is 19.4 Å². The van der Waals surface area contributed by atoms with Gasteiger partial charge < -0.3 is 25.2 Å². The SMILES string of the molecule is CSCCCC/C(=N\OS(=O)(=O)O)S[C@@H]1O[C@H](CO)[C@@H](O)[C@@H](O)[C@H]1O. The molecule has 0 aliphatic carbocycles. The van der Waals surface area contributed by atoms with Crippen LogP contribution >= 0.6 is 23.5 Å². The van der Waals surface area contributed by atoms with Gasteiger partial charge in [-0.1, -0.05) is 16.9 Å². The molecule has 1 heterocycles. The first-order valence-corrected chi connectivity index (χ1v) is 11.0. The zero-order valence-corrected chi connectivity index (χ0v) is 15.9. The maximum absolute atomic E-state index is 10.7. The molecule has 5 atom stereocenters. The monoisotopic (exact) mass is 421 g/mol. The van der Waals surface area contributed by atoms with E-state index in [0.717, 1.165) is 23.9 Å². The number of nitrogens with zero attached hydrogens (tertiary/aromatic N) is 1. The molecule has 5 N–H and O–H groups in total. The summed E-state index contributed by atoms with van der Waals surface area (Å²) >= 11 is 2.43. The van der Waals surface area contributed by atoms with Crippen LogP contribution in [0.5, 0.6) is 0 Å². The minimum absolute atomic E-state index is 0.114. The molecule has 0 aromatic heterocycles. The van der Waals surface area contributed by atoms with Crippen LogP contribution in [0.15, 0.2) is 5.16 Å². The number of oxime groups is 1. The van der Waals surface area contributed by atoms with Crippen molar-refractivity contribution in [2.45, 2.75) is 49.1 Å². The van der Waals surface area contributed by atoms with Crippen LogP contribution in [0.3, 0.4) is 0 Å². The van der Waals surface area contributed by atoms with Gasteiger partial charge in [-0.15, -0.1) is 0 Å². The van der Waals surface area contributed by atoms with E-state index in [1.165, 1.54) is 0 Å². The molecule has 0 aromatic carbocycles. The molecule has 1 fully saturated rings. The van der Waals surface area contributed by atoms with Gasteiger partial charge in [-0.2, -0.15) is 20.2 Å². The summed E-state index contributed by atoms with van der Waals surface area (Å²) in [6.07, 6.45) is -1.94. The van der Waals surface area contributed by atoms with E-state index in [2.05, 4.69) is 9.44 Å². The van der Waals surface area contributed by atoms with Gasteiger partial charge in [0.2, 0.25) is 0 Å². The van der Waals surface area contributed by atoms with Crippen LogP contribution in [0.4, 0.5) is 0 Å². The molecule has 0 aromatic rings. The summed E-state index contributed by atoms with van der Waals surface area (Å²) in [5.41, 5.74) is -1.11. The van der Waals surface area contributed by atoms with Crippen molar-refractivity contribution in [3.8, 4) is 0 Å². The summed E-state index contributed by atoms with van der Waals surface area (Å²) < 4.78 is 39.4. The fourth-order valence-electron chi connectivity index (χ4n) is 2.04. The second-order valence-corrected chi connectivity index (χ2v) is 8.41. The average Bonchev–Trinajstić information content (AvgIpc) is 2.55. The molecule has 25 heavy (non-hydrogen) atoms. The third-order valence-corrected chi connectivity index (χ3v) is 5.46. The van der Waals surface area contributed by atoms with Gasteiger partial charge in [-0.25, -0.2) is 4.28 Å². The second kappa shape index (κ2) is 10.9. The Bertz CT molecular complexity index is 528. The Morgan fingerprint density at radius 1 is 1.20 bits per heavy atom. The molecule has 1 rings (SSSR count). The number of unbranched alkanes of at least 4 members (excludes halogenated alkanes) is 1. The van der Waals surface area contributed by atoms with Crippen LogP contribution in [-0.4, -0.2) is 86.9 Å². The standard InChI is InChI=1S/C12H23NO9S3/c1-23-5-3-2-4-8(13-22-25(18,19)20)24-12-11(17)10(16)9(15)7(6-14)21-12/h7,9-12,14-17H,2-6H2,1H3,(H,18,19,20)/b13-8+/t7-,9-,10-,11-,12+/m1/s1. The molecule has 148 valence electrons. The lowest BCUT2D eigenvalue weighted by molar-refractivity contribution is -0.205. The molecule has 13 heteroatoms. The highest BCUT2D eigenvalue weighted by atomic mass is 32.3. The van der Waals surface area contributed by atoms with Crippen LogP contribution in [0.2, 0.25) is 0 Å². The average molecular weight is 422 g/mol. The first-order chi connectivity index (χ1) is 11.7. The Balaban J connectivity index is 2.80. The molecule has 1 saturated heterocycles. The summed E-state index contributed by atoms with van der Waals surface area (Å²) in [7, 11) is -4.78. The van der Waals surface area contributed by atoms with Crippen molar-refractivity contribution >= 4 is 39.0 Å². The number of hydrogen-bond acceptors (Lipinski definition) is 11. The summed E-state index contributed by atoms with van der Waals surface area (Å²) in [4.78, 5) is 0. The van der Waals surface area contributed by atoms with E-state index in [1.807, 2.05) is 6.26 Å². The number of thioether (sulfide) groups is 2. The smallest absolute Gasteiger partial charge is 0.394 e. The van der Waals surface area contributed by atoms with Crippen molar-refractivity contribution in [1.82, 2.24) is 0 Å². The lowest BCUT2D eigenvalue weighted by Gasteiger charge is -2.39. The Morgan fingerprint density at radius 2 is 1.88 bits per heavy atom. The van der Waals surface area contributed by atoms with E-state index in [9.17, 15) is 28.8 Å². The molecule has 0 saturated carbocycles. The van der Waals surface area contributed by atoms with E-state index in [4.69, 9.17) is 9.29 Å². The molecule has 0 unspecified atom stereocenters. The molecule has 10 nitrogen and oxygen atoms in total. The van der Waals surface area contributed by atoms with Gasteiger partial charge in [0.1, 0.15) is 34.9 Å². The highest BCUT2D eigenvalue weighted by Crippen LogP contribution is 2.30. The largest absolute Gasteiger partial charge is 0.466 e. The molecule has 1 aliphatic rings. The Morgan fingerprint density at radius 3 is 2.44 bits per heavy atom. The quantitative estimate of drug-likeness (QED) is 0.104. The minimum atomic E-state index is -4.78. The number of hydrogen-bond donors (Lipinski definition) is 5. The van der Waals surface area contributed by atoms with E-state index >= 15 is 0 Å². The Hall–Kier alpha value is -0.120. The molecule has 0 amide bonds. The van der Waals surface area contributed by atoms with Crippen LogP contribution in [0.25, 0.3) is 0 Å². The maximum atomic E-state index is 10.7. The number of aliphatic hydroxyl groups excluding tert-OH is 4. The predicted octanol–water partition coefficient (Wildman–Crippen LogP) is -0.814. The van der Waals surface area contributed by atoms with Crippen LogP contribution in [0, 0.1) is 0 Å². The van der Waals surface area contributed by atoms with Gasteiger partial charge in [-0.05, 0) is 31.3 Å². The van der Waals surface area contributed by atoms with Crippen molar-refractivity contribution in [3.63, 3.8) is 0 Å². The van der Waals surface area contributed by atoms with E-state index in [1.54, 1.807) is 11.8 Å². The first kappa shape index (κ1) is 22.9. The number of ether oxygens (including phenoxy) is 1. The number of aliphatic hydroxyl groups is 4. The van der Waals surface area contributed by atoms with Crippen molar-refractivity contribution < 1.29 is 42.4 Å². The third-order valence-electron chi connectivity index (χ3n) is 3.32. The fourth-order valence-corrected chi connectivity index (χ4v) is 3.87. The van der Waals surface area contributed by atoms with Crippen molar-refractivity contribution in [2.75, 3.05) is 18.6 Å². The van der Waals surface area contributed by atoms with Crippen molar-refractivity contribution in [3.05, 3.63) is 0 Å². The van der Waals surface area contributed by atoms with E-state index < -0.39 is 46.9 Å². The Kier molecular flexibility index (Phi) is 9.98. The highest BCUT2D eigenvalue weighted by Gasteiger charge is 2.44. The molecule has 0 spiro atoms. The molecule has 1 aliphatic heterocycles. The lowest BCUT2D eigenvalue weighted by Crippen LogP contribution is -2.57. The summed E-state index contributed by atoms with van der Waals surface area (Å²) in [5, 5.41) is 42.2. The van der Waals surface area contributed by atoms with E-state index in [-0.39, 0.29) is 11.5 Å².